The number of hydrogen-bond acceptors (Lipinski definition) is 6. The van der Waals surface area contributed by atoms with Crippen molar-refractivity contribution in [2.75, 3.05) is 19.0 Å². The molecule has 0 unspecified atom stereocenters. The van der Waals surface area contributed by atoms with Crippen LogP contribution in [0.5, 0.6) is 5.75 Å². The normalized spacial score (nSPS) is 10.5. The number of carbonyl (C=O) groups is 3. The first-order valence-corrected chi connectivity index (χ1v) is 11.6. The first-order valence-electron chi connectivity index (χ1n) is 11.6. The largest absolute Gasteiger partial charge is 0.496 e. The molecule has 3 aromatic rings. The van der Waals surface area contributed by atoms with Gasteiger partial charge in [0.25, 0.3) is 0 Å². The quantitative estimate of drug-likeness (QED) is 0.258. The van der Waals surface area contributed by atoms with Gasteiger partial charge in [0.1, 0.15) is 12.4 Å². The topological polar surface area (TPSA) is 114 Å². The van der Waals surface area contributed by atoms with Crippen LogP contribution in [0, 0.1) is 0 Å². The Bertz CT molecular complexity index is 1210. The lowest BCUT2D eigenvalue weighted by Gasteiger charge is -2.16. The van der Waals surface area contributed by atoms with E-state index in [-0.39, 0.29) is 31.3 Å². The minimum Gasteiger partial charge on any atom is -0.496 e. The molecule has 0 fully saturated rings. The van der Waals surface area contributed by atoms with Crippen LogP contribution >= 0.6 is 0 Å². The number of rotatable bonds is 12. The summed E-state index contributed by atoms with van der Waals surface area (Å²) in [5.74, 6) is -0.819. The van der Waals surface area contributed by atoms with Crippen LogP contribution in [-0.2, 0) is 38.7 Å². The highest BCUT2D eigenvalue weighted by molar-refractivity contribution is 5.89. The van der Waals surface area contributed by atoms with Gasteiger partial charge in [0, 0.05) is 31.3 Å². The van der Waals surface area contributed by atoms with Gasteiger partial charge in [-0.3, -0.25) is 14.4 Å². The molecule has 0 spiro atoms. The number of amides is 1. The Morgan fingerprint density at radius 1 is 0.917 bits per heavy atom. The number of methoxy groups -OCH3 is 1. The molecule has 1 amide bonds. The van der Waals surface area contributed by atoms with Crippen molar-refractivity contribution in [1.29, 1.82) is 0 Å². The summed E-state index contributed by atoms with van der Waals surface area (Å²) in [5.41, 5.74) is 4.62. The van der Waals surface area contributed by atoms with E-state index in [0.29, 0.717) is 30.1 Å². The number of nitrogens with one attached hydrogen (secondary N) is 2. The Morgan fingerprint density at radius 3 is 2.39 bits per heavy atom. The lowest BCUT2D eigenvalue weighted by Crippen LogP contribution is -2.19. The number of aliphatic carboxylic acids is 1. The van der Waals surface area contributed by atoms with Crippen molar-refractivity contribution >= 4 is 23.5 Å². The zero-order chi connectivity index (χ0) is 25.9. The Kier molecular flexibility index (Phi) is 9.59. The second kappa shape index (κ2) is 13.1. The first-order chi connectivity index (χ1) is 17.4. The highest BCUT2D eigenvalue weighted by Gasteiger charge is 2.14. The minimum atomic E-state index is -0.923. The van der Waals surface area contributed by atoms with Crippen molar-refractivity contribution in [2.45, 2.75) is 32.9 Å². The van der Waals surface area contributed by atoms with Crippen molar-refractivity contribution in [1.82, 2.24) is 5.32 Å². The van der Waals surface area contributed by atoms with E-state index in [1.165, 1.54) is 6.92 Å². The summed E-state index contributed by atoms with van der Waals surface area (Å²) >= 11 is 0. The van der Waals surface area contributed by atoms with Crippen molar-refractivity contribution in [3.05, 3.63) is 83.4 Å². The molecule has 0 atom stereocenters. The molecule has 188 valence electrons. The maximum absolute atomic E-state index is 12.1. The zero-order valence-corrected chi connectivity index (χ0v) is 20.4. The Balaban J connectivity index is 1.73. The van der Waals surface area contributed by atoms with Crippen molar-refractivity contribution < 1.29 is 29.0 Å². The van der Waals surface area contributed by atoms with E-state index in [1.54, 1.807) is 31.4 Å². The average Bonchev–Trinajstić information content (AvgIpc) is 2.85. The van der Waals surface area contributed by atoms with E-state index >= 15 is 0 Å². The average molecular weight is 491 g/mol. The van der Waals surface area contributed by atoms with Crippen LogP contribution in [0.2, 0.25) is 0 Å². The molecular weight excluding hydrogens is 460 g/mol. The van der Waals surface area contributed by atoms with Crippen LogP contribution in [0.25, 0.3) is 11.1 Å². The maximum atomic E-state index is 12.1. The van der Waals surface area contributed by atoms with E-state index in [2.05, 4.69) is 10.6 Å². The SMILES string of the molecule is COc1ccc(CC(=O)O)cc1-c1ccc(NC(C)=O)cc1CNCCC(=O)OCc1ccccc1. The first kappa shape index (κ1) is 26.4. The molecule has 3 aromatic carbocycles. The molecule has 0 aliphatic rings. The number of ether oxygens (including phenoxy) is 2. The molecule has 0 aromatic heterocycles. The molecule has 36 heavy (non-hydrogen) atoms. The standard InChI is InChI=1S/C28H30N2O6/c1-19(31)30-23-9-10-24(25-14-21(15-27(32)33)8-11-26(25)35-2)22(16-23)17-29-13-12-28(34)36-18-20-6-4-3-5-7-20/h3-11,14,16,29H,12-13,15,17-18H2,1-2H3,(H,30,31)(H,32,33). The van der Waals surface area contributed by atoms with E-state index in [9.17, 15) is 19.5 Å². The molecule has 8 heteroatoms. The monoisotopic (exact) mass is 490 g/mol. The third-order valence-electron chi connectivity index (χ3n) is 5.40. The second-order valence-electron chi connectivity index (χ2n) is 8.23. The van der Waals surface area contributed by atoms with Gasteiger partial charge in [-0.05, 0) is 46.5 Å². The molecule has 0 bridgehead atoms. The van der Waals surface area contributed by atoms with Gasteiger partial charge < -0.3 is 25.2 Å². The van der Waals surface area contributed by atoms with E-state index in [1.807, 2.05) is 42.5 Å². The number of hydrogen-bond donors (Lipinski definition) is 3. The van der Waals surface area contributed by atoms with Gasteiger partial charge in [-0.1, -0.05) is 42.5 Å². The summed E-state index contributed by atoms with van der Waals surface area (Å²) in [5, 5.41) is 15.2. The lowest BCUT2D eigenvalue weighted by molar-refractivity contribution is -0.144. The van der Waals surface area contributed by atoms with Crippen LogP contribution < -0.4 is 15.4 Å². The predicted octanol–water partition coefficient (Wildman–Crippen LogP) is 4.17. The van der Waals surface area contributed by atoms with Crippen LogP contribution in [0.15, 0.2) is 66.7 Å². The number of anilines is 1. The highest BCUT2D eigenvalue weighted by atomic mass is 16.5. The molecule has 0 radical (unpaired) electrons. The number of esters is 1. The van der Waals surface area contributed by atoms with Gasteiger partial charge in [0.2, 0.25) is 5.91 Å². The Labute approximate surface area is 210 Å². The summed E-state index contributed by atoms with van der Waals surface area (Å²) in [4.78, 5) is 34.9. The van der Waals surface area contributed by atoms with Gasteiger partial charge in [0.05, 0.1) is 20.0 Å². The van der Waals surface area contributed by atoms with Gasteiger partial charge in [-0.25, -0.2) is 0 Å². The number of benzene rings is 3. The molecule has 8 nitrogen and oxygen atoms in total. The van der Waals surface area contributed by atoms with Gasteiger partial charge in [-0.15, -0.1) is 0 Å². The van der Waals surface area contributed by atoms with E-state index in [0.717, 1.165) is 22.3 Å². The molecule has 3 rings (SSSR count). The van der Waals surface area contributed by atoms with Crippen molar-refractivity contribution in [3.63, 3.8) is 0 Å². The summed E-state index contributed by atoms with van der Waals surface area (Å²) < 4.78 is 10.9. The summed E-state index contributed by atoms with van der Waals surface area (Å²) in [6.07, 6.45) is 0.0879. The molecule has 0 saturated carbocycles. The lowest BCUT2D eigenvalue weighted by atomic mass is 9.95. The summed E-state index contributed by atoms with van der Waals surface area (Å²) in [7, 11) is 1.56. The van der Waals surface area contributed by atoms with Crippen LogP contribution in [0.4, 0.5) is 5.69 Å². The molecule has 3 N–H and O–H groups in total. The second-order valence-corrected chi connectivity index (χ2v) is 8.23. The number of carboxylic acid groups (broad SMARTS) is 1. The molecular formula is C28H30N2O6. The predicted molar refractivity (Wildman–Crippen MR) is 137 cm³/mol. The summed E-state index contributed by atoms with van der Waals surface area (Å²) in [6, 6.07) is 20.2. The van der Waals surface area contributed by atoms with Gasteiger partial charge in [0.15, 0.2) is 0 Å². The highest BCUT2D eigenvalue weighted by Crippen LogP contribution is 2.35. The zero-order valence-electron chi connectivity index (χ0n) is 20.4. The fourth-order valence-corrected chi connectivity index (χ4v) is 3.76. The van der Waals surface area contributed by atoms with Gasteiger partial charge >= 0.3 is 11.9 Å². The Morgan fingerprint density at radius 2 is 1.69 bits per heavy atom. The minimum absolute atomic E-state index is 0.111. The van der Waals surface area contributed by atoms with Crippen LogP contribution in [0.1, 0.15) is 30.0 Å². The fraction of sp³-hybridized carbons (Fsp3) is 0.250. The summed E-state index contributed by atoms with van der Waals surface area (Å²) in [6.45, 7) is 2.47. The van der Waals surface area contributed by atoms with Crippen LogP contribution in [0.3, 0.4) is 0 Å². The maximum Gasteiger partial charge on any atom is 0.307 e. The smallest absolute Gasteiger partial charge is 0.307 e. The van der Waals surface area contributed by atoms with Gasteiger partial charge in [-0.2, -0.15) is 0 Å². The van der Waals surface area contributed by atoms with Crippen LogP contribution in [-0.4, -0.2) is 36.6 Å². The fourth-order valence-electron chi connectivity index (χ4n) is 3.76. The number of carbonyl (C=O) groups excluding carboxylic acids is 2. The van der Waals surface area contributed by atoms with Crippen molar-refractivity contribution in [2.24, 2.45) is 0 Å². The molecule has 0 saturated heterocycles. The third kappa shape index (κ3) is 7.95. The third-order valence-corrected chi connectivity index (χ3v) is 5.40. The number of carboxylic acids is 1. The molecule has 0 aliphatic carbocycles. The Hall–Kier alpha value is -4.17. The van der Waals surface area contributed by atoms with E-state index in [4.69, 9.17) is 9.47 Å². The molecule has 0 heterocycles. The molecule has 0 aliphatic heterocycles. The van der Waals surface area contributed by atoms with Crippen molar-refractivity contribution in [3.8, 4) is 16.9 Å². The van der Waals surface area contributed by atoms with E-state index < -0.39 is 5.97 Å².